The van der Waals surface area contributed by atoms with Gasteiger partial charge in [-0.05, 0) is 50.6 Å². The van der Waals surface area contributed by atoms with Crippen LogP contribution in [-0.4, -0.2) is 62.8 Å². The van der Waals surface area contributed by atoms with Crippen molar-refractivity contribution in [2.75, 3.05) is 18.9 Å². The molecule has 1 aliphatic heterocycles. The van der Waals surface area contributed by atoms with Crippen LogP contribution < -0.4 is 16.0 Å². The number of amides is 3. The van der Waals surface area contributed by atoms with Gasteiger partial charge in [0.1, 0.15) is 5.82 Å². The SMILES string of the molecule is CN1CCc2nc(C(=O)N[C@@H]3C[C@@H](n4cccc4)CC[C@@H]3NC(=O)C(=O)Nc3ccc(Cl)cn3)sc2C1.Cl. The fraction of sp³-hybridized carbons (Fsp3) is 0.400. The molecule has 0 spiro atoms. The molecule has 4 heterocycles. The van der Waals surface area contributed by atoms with Gasteiger partial charge in [-0.1, -0.05) is 11.6 Å². The van der Waals surface area contributed by atoms with E-state index < -0.39 is 17.9 Å². The van der Waals surface area contributed by atoms with Crippen molar-refractivity contribution in [3.8, 4) is 0 Å². The Morgan fingerprint density at radius 2 is 1.87 bits per heavy atom. The Bertz CT molecular complexity index is 1280. The molecule has 1 fully saturated rings. The second-order valence-corrected chi connectivity index (χ2v) is 11.0. The van der Waals surface area contributed by atoms with Crippen molar-refractivity contribution in [2.24, 2.45) is 0 Å². The smallest absolute Gasteiger partial charge is 0.314 e. The largest absolute Gasteiger partial charge is 0.351 e. The zero-order valence-electron chi connectivity index (χ0n) is 20.7. The Labute approximate surface area is 235 Å². The van der Waals surface area contributed by atoms with Gasteiger partial charge in [-0.15, -0.1) is 23.7 Å². The van der Waals surface area contributed by atoms with Gasteiger partial charge in [0, 0.05) is 55.1 Å². The van der Waals surface area contributed by atoms with Crippen LogP contribution >= 0.6 is 35.3 Å². The van der Waals surface area contributed by atoms with Crippen LogP contribution in [0.4, 0.5) is 5.82 Å². The first-order valence-electron chi connectivity index (χ1n) is 12.2. The minimum absolute atomic E-state index is 0. The standard InChI is InChI=1S/C25H28ClN7O3S.ClH/c1-32-11-8-18-20(14-32)37-25(30-18)24(36)29-19-12-16(33-9-2-3-10-33)5-6-17(19)28-22(34)23(35)31-21-7-4-15(26)13-27-21;/h2-4,7,9-10,13,16-17,19H,5-6,8,11-12,14H2,1H3,(H,28,34)(H,29,36)(H,27,31,35);1H/t16-,17-,19+;/m0./s1. The number of aromatic nitrogens is 3. The Kier molecular flexibility index (Phi) is 9.03. The van der Waals surface area contributed by atoms with Crippen molar-refractivity contribution in [3.63, 3.8) is 0 Å². The fourth-order valence-corrected chi connectivity index (χ4v) is 6.05. The number of halogens is 2. The number of nitrogens with zero attached hydrogens (tertiary/aromatic N) is 4. The van der Waals surface area contributed by atoms with Crippen molar-refractivity contribution >= 4 is 58.9 Å². The van der Waals surface area contributed by atoms with E-state index in [0.717, 1.165) is 36.5 Å². The molecule has 1 saturated carbocycles. The summed E-state index contributed by atoms with van der Waals surface area (Å²) in [6.07, 6.45) is 8.22. The van der Waals surface area contributed by atoms with Gasteiger partial charge < -0.3 is 25.4 Å². The van der Waals surface area contributed by atoms with Gasteiger partial charge in [0.2, 0.25) is 0 Å². The molecule has 0 bridgehead atoms. The Balaban J connectivity index is 0.00000336. The van der Waals surface area contributed by atoms with Gasteiger partial charge in [-0.25, -0.2) is 9.97 Å². The lowest BCUT2D eigenvalue weighted by molar-refractivity contribution is -0.136. The fourth-order valence-electron chi connectivity index (χ4n) is 4.85. The number of carbonyl (C=O) groups is 3. The molecule has 3 amide bonds. The molecule has 10 nitrogen and oxygen atoms in total. The van der Waals surface area contributed by atoms with Crippen molar-refractivity contribution in [2.45, 2.75) is 50.4 Å². The van der Waals surface area contributed by atoms with Crippen LogP contribution in [0, 0.1) is 0 Å². The van der Waals surface area contributed by atoms with E-state index in [1.807, 2.05) is 24.5 Å². The van der Waals surface area contributed by atoms with E-state index in [0.29, 0.717) is 22.9 Å². The Hall–Kier alpha value is -2.99. The van der Waals surface area contributed by atoms with Gasteiger partial charge in [-0.3, -0.25) is 14.4 Å². The second kappa shape index (κ2) is 12.2. The molecule has 0 unspecified atom stereocenters. The van der Waals surface area contributed by atoms with Gasteiger partial charge in [0.05, 0.1) is 16.8 Å². The first kappa shape index (κ1) is 28.0. The summed E-state index contributed by atoms with van der Waals surface area (Å²) in [7, 11) is 2.05. The number of nitrogens with one attached hydrogen (secondary N) is 3. The minimum atomic E-state index is -0.829. The van der Waals surface area contributed by atoms with Crippen LogP contribution in [0.25, 0.3) is 0 Å². The maximum atomic E-state index is 13.2. The molecule has 3 aromatic rings. The molecule has 5 rings (SSSR count). The molecule has 2 aliphatic rings. The average Bonchev–Trinajstić information content (AvgIpc) is 3.56. The summed E-state index contributed by atoms with van der Waals surface area (Å²) >= 11 is 7.25. The van der Waals surface area contributed by atoms with Crippen LogP contribution in [0.1, 0.15) is 45.7 Å². The molecule has 202 valence electrons. The summed E-state index contributed by atoms with van der Waals surface area (Å²) in [5, 5.41) is 9.26. The first-order valence-corrected chi connectivity index (χ1v) is 13.4. The monoisotopic (exact) mass is 577 g/mol. The summed E-state index contributed by atoms with van der Waals surface area (Å²) < 4.78 is 2.12. The third-order valence-electron chi connectivity index (χ3n) is 6.80. The number of hydrogen-bond acceptors (Lipinski definition) is 7. The number of rotatable bonds is 5. The van der Waals surface area contributed by atoms with Crippen LogP contribution in [0.3, 0.4) is 0 Å². The van der Waals surface area contributed by atoms with E-state index in [1.165, 1.54) is 23.6 Å². The van der Waals surface area contributed by atoms with E-state index in [1.54, 1.807) is 6.07 Å². The third kappa shape index (κ3) is 6.52. The lowest BCUT2D eigenvalue weighted by Crippen LogP contribution is -2.56. The number of thiazole rings is 1. The molecule has 3 atom stereocenters. The minimum Gasteiger partial charge on any atom is -0.351 e. The van der Waals surface area contributed by atoms with E-state index >= 15 is 0 Å². The van der Waals surface area contributed by atoms with Gasteiger partial charge in [0.15, 0.2) is 5.01 Å². The molecule has 3 N–H and O–H groups in total. The molecule has 0 radical (unpaired) electrons. The van der Waals surface area contributed by atoms with E-state index in [9.17, 15) is 14.4 Å². The molecule has 38 heavy (non-hydrogen) atoms. The molecule has 0 aromatic carbocycles. The molecule has 0 saturated heterocycles. The number of hydrogen-bond donors (Lipinski definition) is 3. The van der Waals surface area contributed by atoms with Crippen molar-refractivity contribution < 1.29 is 14.4 Å². The van der Waals surface area contributed by atoms with Crippen LogP contribution in [0.15, 0.2) is 42.9 Å². The highest BCUT2D eigenvalue weighted by atomic mass is 35.5. The summed E-state index contributed by atoms with van der Waals surface area (Å²) in [5.41, 5.74) is 0.986. The van der Waals surface area contributed by atoms with Crippen LogP contribution in [0.2, 0.25) is 5.02 Å². The van der Waals surface area contributed by atoms with E-state index in [4.69, 9.17) is 11.6 Å². The predicted molar refractivity (Wildman–Crippen MR) is 148 cm³/mol. The van der Waals surface area contributed by atoms with E-state index in [-0.39, 0.29) is 36.2 Å². The number of likely N-dealkylation sites (N-methyl/N-ethyl adjacent to an activating group) is 1. The summed E-state index contributed by atoms with van der Waals surface area (Å²) in [6, 6.07) is 6.41. The molecular weight excluding hydrogens is 549 g/mol. The zero-order valence-corrected chi connectivity index (χ0v) is 23.1. The normalized spacial score (nSPS) is 21.1. The second-order valence-electron chi connectivity index (χ2n) is 9.45. The number of pyridine rings is 1. The highest BCUT2D eigenvalue weighted by Gasteiger charge is 2.35. The number of fused-ring (bicyclic) bond motifs is 1. The number of anilines is 1. The Morgan fingerprint density at radius 3 is 2.61 bits per heavy atom. The third-order valence-corrected chi connectivity index (χ3v) is 8.10. The van der Waals surface area contributed by atoms with E-state index in [2.05, 4.69) is 42.4 Å². The first-order chi connectivity index (χ1) is 17.9. The lowest BCUT2D eigenvalue weighted by atomic mass is 9.86. The highest BCUT2D eigenvalue weighted by Crippen LogP contribution is 2.30. The summed E-state index contributed by atoms with van der Waals surface area (Å²) in [4.78, 5) is 50.4. The summed E-state index contributed by atoms with van der Waals surface area (Å²) in [5.74, 6) is -1.64. The van der Waals surface area contributed by atoms with Crippen molar-refractivity contribution in [3.05, 3.63) is 63.5 Å². The summed E-state index contributed by atoms with van der Waals surface area (Å²) in [6.45, 7) is 1.70. The maximum Gasteiger partial charge on any atom is 0.314 e. The van der Waals surface area contributed by atoms with Gasteiger partial charge in [-0.2, -0.15) is 0 Å². The van der Waals surface area contributed by atoms with Crippen LogP contribution in [0.5, 0.6) is 0 Å². The zero-order chi connectivity index (χ0) is 25.9. The quantitative estimate of drug-likeness (QED) is 0.401. The lowest BCUT2D eigenvalue weighted by Gasteiger charge is -2.37. The highest BCUT2D eigenvalue weighted by molar-refractivity contribution is 7.13. The maximum absolute atomic E-state index is 13.2. The molecule has 13 heteroatoms. The number of carbonyl (C=O) groups excluding carboxylic acids is 3. The van der Waals surface area contributed by atoms with Crippen molar-refractivity contribution in [1.82, 2.24) is 30.1 Å². The van der Waals surface area contributed by atoms with Gasteiger partial charge >= 0.3 is 11.8 Å². The molecular formula is C25H29Cl2N7O3S. The predicted octanol–water partition coefficient (Wildman–Crippen LogP) is 3.05. The molecule has 3 aromatic heterocycles. The molecule has 1 aliphatic carbocycles. The topological polar surface area (TPSA) is 121 Å². The van der Waals surface area contributed by atoms with Crippen molar-refractivity contribution in [1.29, 1.82) is 0 Å². The van der Waals surface area contributed by atoms with Gasteiger partial charge in [0.25, 0.3) is 5.91 Å². The Morgan fingerprint density at radius 1 is 1.08 bits per heavy atom. The average molecular weight is 579 g/mol. The van der Waals surface area contributed by atoms with Crippen LogP contribution in [-0.2, 0) is 22.6 Å².